The predicted octanol–water partition coefficient (Wildman–Crippen LogP) is -2.99. The molecule has 6 heteroatoms. The SMILES string of the molecule is CCCOCn1cc(C)c(=O)nc1[O-].[Li+]. The third-order valence-electron chi connectivity index (χ3n) is 1.71. The minimum atomic E-state index is -0.559. The molecule has 0 spiro atoms. The van der Waals surface area contributed by atoms with Gasteiger partial charge in [-0.25, -0.2) is 4.98 Å². The molecule has 78 valence electrons. The maximum atomic E-state index is 11.2. The summed E-state index contributed by atoms with van der Waals surface area (Å²) in [6.45, 7) is 4.34. The monoisotopic (exact) mass is 204 g/mol. The maximum absolute atomic E-state index is 11.2. The van der Waals surface area contributed by atoms with Crippen molar-refractivity contribution in [2.45, 2.75) is 27.0 Å². The number of nitrogens with zero attached hydrogens (tertiary/aromatic N) is 2. The zero-order valence-corrected chi connectivity index (χ0v) is 9.32. The molecule has 1 aromatic heterocycles. The van der Waals surface area contributed by atoms with E-state index in [9.17, 15) is 9.90 Å². The van der Waals surface area contributed by atoms with E-state index in [1.54, 1.807) is 6.92 Å². The van der Waals surface area contributed by atoms with Gasteiger partial charge in [-0.05, 0) is 13.3 Å². The summed E-state index contributed by atoms with van der Waals surface area (Å²) < 4.78 is 6.45. The van der Waals surface area contributed by atoms with E-state index in [1.165, 1.54) is 10.8 Å². The Kier molecular flexibility index (Phi) is 6.33. The first-order valence-electron chi connectivity index (χ1n) is 4.48. The molecule has 1 heterocycles. The van der Waals surface area contributed by atoms with Crippen LogP contribution in [0.2, 0.25) is 0 Å². The van der Waals surface area contributed by atoms with Gasteiger partial charge in [-0.15, -0.1) is 0 Å². The van der Waals surface area contributed by atoms with E-state index in [2.05, 4.69) is 4.98 Å². The van der Waals surface area contributed by atoms with Gasteiger partial charge in [0, 0.05) is 18.4 Å². The van der Waals surface area contributed by atoms with Crippen LogP contribution in [0.3, 0.4) is 0 Å². The Hall–Kier alpha value is -0.763. The Morgan fingerprint density at radius 2 is 2.27 bits per heavy atom. The van der Waals surface area contributed by atoms with Crippen LogP contribution in [0.1, 0.15) is 18.9 Å². The minimum Gasteiger partial charge on any atom is -0.846 e. The van der Waals surface area contributed by atoms with Gasteiger partial charge in [0.1, 0.15) is 6.73 Å². The number of aromatic nitrogens is 2. The predicted molar refractivity (Wildman–Crippen MR) is 48.9 cm³/mol. The van der Waals surface area contributed by atoms with Gasteiger partial charge >= 0.3 is 18.9 Å². The Bertz CT molecular complexity index is 365. The summed E-state index contributed by atoms with van der Waals surface area (Å²) in [5, 5.41) is 11.2. The summed E-state index contributed by atoms with van der Waals surface area (Å²) in [4.78, 5) is 14.3. The van der Waals surface area contributed by atoms with E-state index in [0.29, 0.717) is 12.2 Å². The second kappa shape index (κ2) is 6.67. The Morgan fingerprint density at radius 1 is 1.60 bits per heavy atom. The van der Waals surface area contributed by atoms with Gasteiger partial charge in [-0.2, -0.15) is 0 Å². The smallest absolute Gasteiger partial charge is 0.846 e. The molecule has 0 aliphatic rings. The van der Waals surface area contributed by atoms with Crippen molar-refractivity contribution >= 4 is 0 Å². The van der Waals surface area contributed by atoms with Gasteiger partial charge in [-0.1, -0.05) is 6.92 Å². The van der Waals surface area contributed by atoms with E-state index in [4.69, 9.17) is 4.74 Å². The van der Waals surface area contributed by atoms with Crippen LogP contribution >= 0.6 is 0 Å². The number of rotatable bonds is 4. The van der Waals surface area contributed by atoms with Crippen LogP contribution in [0.25, 0.3) is 0 Å². The van der Waals surface area contributed by atoms with Crippen molar-refractivity contribution in [3.8, 4) is 6.01 Å². The van der Waals surface area contributed by atoms with Crippen molar-refractivity contribution < 1.29 is 28.7 Å². The molecule has 1 aromatic rings. The molecule has 0 aliphatic carbocycles. The fraction of sp³-hybridized carbons (Fsp3) is 0.556. The first kappa shape index (κ1) is 14.2. The summed E-state index contributed by atoms with van der Waals surface area (Å²) in [6.07, 6.45) is 2.36. The van der Waals surface area contributed by atoms with Gasteiger partial charge in [0.15, 0.2) is 0 Å². The fourth-order valence-corrected chi connectivity index (χ4v) is 0.983. The molecule has 0 aromatic carbocycles. The van der Waals surface area contributed by atoms with Crippen molar-refractivity contribution in [2.75, 3.05) is 6.61 Å². The second-order valence-corrected chi connectivity index (χ2v) is 3.02. The molecular formula is C9H13LiN2O3. The standard InChI is InChI=1S/C9H14N2O3.Li/c1-3-4-14-6-11-5-7(2)8(12)10-9(11)13;/h5H,3-4,6H2,1-2H3,(H,10,12,13);/q;+1/p-1. The van der Waals surface area contributed by atoms with Crippen molar-refractivity contribution in [2.24, 2.45) is 0 Å². The van der Waals surface area contributed by atoms with Crippen LogP contribution in [0, 0.1) is 6.92 Å². The molecule has 0 bridgehead atoms. The van der Waals surface area contributed by atoms with Crippen LogP contribution < -0.4 is 29.5 Å². The molecule has 0 saturated carbocycles. The molecule has 0 N–H and O–H groups in total. The minimum absolute atomic E-state index is 0. The average Bonchev–Trinajstić information content (AvgIpc) is 2.14. The van der Waals surface area contributed by atoms with E-state index in [0.717, 1.165) is 6.42 Å². The normalized spacial score (nSPS) is 9.73. The molecule has 0 aliphatic heterocycles. The molecule has 15 heavy (non-hydrogen) atoms. The second-order valence-electron chi connectivity index (χ2n) is 3.02. The quantitative estimate of drug-likeness (QED) is 0.387. The molecule has 0 amide bonds. The van der Waals surface area contributed by atoms with Gasteiger partial charge in [0.2, 0.25) is 0 Å². The van der Waals surface area contributed by atoms with Crippen LogP contribution in [0.15, 0.2) is 11.0 Å². The van der Waals surface area contributed by atoms with Crippen molar-refractivity contribution in [1.29, 1.82) is 0 Å². The van der Waals surface area contributed by atoms with E-state index < -0.39 is 11.6 Å². The summed E-state index contributed by atoms with van der Waals surface area (Å²) in [6, 6.07) is -0.559. The van der Waals surface area contributed by atoms with Crippen molar-refractivity contribution in [1.82, 2.24) is 9.55 Å². The third-order valence-corrected chi connectivity index (χ3v) is 1.71. The van der Waals surface area contributed by atoms with Crippen molar-refractivity contribution in [3.63, 3.8) is 0 Å². The van der Waals surface area contributed by atoms with Crippen LogP contribution in [0.5, 0.6) is 6.01 Å². The van der Waals surface area contributed by atoms with Crippen LogP contribution in [0.4, 0.5) is 0 Å². The number of ether oxygens (including phenoxy) is 1. The topological polar surface area (TPSA) is 67.2 Å². The summed E-state index contributed by atoms with van der Waals surface area (Å²) >= 11 is 0. The first-order chi connectivity index (χ1) is 6.65. The Balaban J connectivity index is 0.00000196. The van der Waals surface area contributed by atoms with Gasteiger partial charge < -0.3 is 14.4 Å². The third kappa shape index (κ3) is 4.08. The summed E-state index contributed by atoms with van der Waals surface area (Å²) in [7, 11) is 0. The van der Waals surface area contributed by atoms with Gasteiger partial charge in [-0.3, -0.25) is 4.79 Å². The number of hydrogen-bond donors (Lipinski definition) is 0. The van der Waals surface area contributed by atoms with E-state index in [-0.39, 0.29) is 25.6 Å². The zero-order chi connectivity index (χ0) is 10.6. The molecule has 0 atom stereocenters. The molecular weight excluding hydrogens is 191 g/mol. The number of hydrogen-bond acceptors (Lipinski definition) is 4. The first-order valence-corrected chi connectivity index (χ1v) is 4.48. The Labute approximate surface area is 100 Å². The average molecular weight is 204 g/mol. The van der Waals surface area contributed by atoms with Gasteiger partial charge in [0.25, 0.3) is 5.56 Å². The Morgan fingerprint density at radius 3 is 2.87 bits per heavy atom. The van der Waals surface area contributed by atoms with E-state index in [1.807, 2.05) is 6.92 Å². The zero-order valence-electron chi connectivity index (χ0n) is 9.32. The molecule has 1 rings (SSSR count). The van der Waals surface area contributed by atoms with Crippen molar-refractivity contribution in [3.05, 3.63) is 22.1 Å². The largest absolute Gasteiger partial charge is 1.00 e. The molecule has 0 fully saturated rings. The fourth-order valence-electron chi connectivity index (χ4n) is 0.983. The van der Waals surface area contributed by atoms with Gasteiger partial charge in [0.05, 0.1) is 6.01 Å². The summed E-state index contributed by atoms with van der Waals surface area (Å²) in [5.41, 5.74) is -0.0218. The maximum Gasteiger partial charge on any atom is 1.00 e. The molecule has 0 saturated heterocycles. The number of aryl methyl sites for hydroxylation is 1. The molecule has 5 nitrogen and oxygen atoms in total. The molecule has 0 unspecified atom stereocenters. The summed E-state index contributed by atoms with van der Waals surface area (Å²) in [5.74, 6) is 0. The molecule has 0 radical (unpaired) electrons. The van der Waals surface area contributed by atoms with E-state index >= 15 is 0 Å². The van der Waals surface area contributed by atoms with Crippen LogP contribution in [-0.2, 0) is 11.5 Å². The van der Waals surface area contributed by atoms with Crippen LogP contribution in [-0.4, -0.2) is 16.2 Å².